The highest BCUT2D eigenvalue weighted by molar-refractivity contribution is 5.76. The number of fused-ring (bicyclic) bond motifs is 1. The Morgan fingerprint density at radius 3 is 3.00 bits per heavy atom. The number of nitrogens with zero attached hydrogens (tertiary/aromatic N) is 2. The van der Waals surface area contributed by atoms with Crippen LogP contribution in [-0.2, 0) is 11.2 Å². The summed E-state index contributed by atoms with van der Waals surface area (Å²) in [4.78, 5) is 30.4. The van der Waals surface area contributed by atoms with E-state index in [-0.39, 0.29) is 23.8 Å². The predicted molar refractivity (Wildman–Crippen MR) is 62.2 cm³/mol. The predicted octanol–water partition coefficient (Wildman–Crippen LogP) is -0.170. The van der Waals surface area contributed by atoms with Crippen molar-refractivity contribution in [3.63, 3.8) is 0 Å². The van der Waals surface area contributed by atoms with E-state index in [1.807, 2.05) is 0 Å². The fourth-order valence-corrected chi connectivity index (χ4v) is 2.28. The molecule has 0 aromatic carbocycles. The first-order chi connectivity index (χ1) is 7.99. The summed E-state index contributed by atoms with van der Waals surface area (Å²) in [5, 5.41) is 1.06. The Labute approximate surface area is 98.8 Å². The van der Waals surface area contributed by atoms with E-state index in [0.29, 0.717) is 11.4 Å². The zero-order valence-corrected chi connectivity index (χ0v) is 9.99. The van der Waals surface area contributed by atoms with Gasteiger partial charge in [-0.25, -0.2) is 10.8 Å². The minimum Gasteiger partial charge on any atom is -0.311 e. The van der Waals surface area contributed by atoms with Crippen LogP contribution in [0.1, 0.15) is 35.8 Å². The standard InChI is InChI=1S/C11H16N4O2/c1-6-13-8-4-3-7(5-9(16)15(2)12)10(8)11(17)14-6/h7H,3-5,12H2,1-2H3,(H,13,14,17). The average Bonchev–Trinajstić information content (AvgIpc) is 2.60. The van der Waals surface area contributed by atoms with Crippen LogP contribution in [0.15, 0.2) is 4.79 Å². The Kier molecular flexibility index (Phi) is 2.97. The van der Waals surface area contributed by atoms with Crippen molar-refractivity contribution in [1.82, 2.24) is 15.0 Å². The lowest BCUT2D eigenvalue weighted by atomic mass is 9.99. The van der Waals surface area contributed by atoms with Crippen LogP contribution < -0.4 is 11.4 Å². The van der Waals surface area contributed by atoms with Crippen LogP contribution in [0, 0.1) is 6.92 Å². The summed E-state index contributed by atoms with van der Waals surface area (Å²) in [5.74, 6) is 5.78. The molecule has 1 aromatic heterocycles. The smallest absolute Gasteiger partial charge is 0.254 e. The Hall–Kier alpha value is -1.69. The number of carbonyl (C=O) groups excluding carboxylic acids is 1. The number of hydrazine groups is 1. The first-order valence-corrected chi connectivity index (χ1v) is 5.60. The molecule has 0 bridgehead atoms. The maximum Gasteiger partial charge on any atom is 0.254 e. The van der Waals surface area contributed by atoms with Crippen molar-refractivity contribution in [3.8, 4) is 0 Å². The van der Waals surface area contributed by atoms with Crippen LogP contribution in [0.2, 0.25) is 0 Å². The van der Waals surface area contributed by atoms with E-state index in [9.17, 15) is 9.59 Å². The maximum atomic E-state index is 11.8. The van der Waals surface area contributed by atoms with Crippen LogP contribution in [0.4, 0.5) is 0 Å². The van der Waals surface area contributed by atoms with Crippen LogP contribution >= 0.6 is 0 Å². The van der Waals surface area contributed by atoms with Gasteiger partial charge in [-0.15, -0.1) is 0 Å². The van der Waals surface area contributed by atoms with Crippen LogP contribution in [0.3, 0.4) is 0 Å². The van der Waals surface area contributed by atoms with Gasteiger partial charge in [0.1, 0.15) is 5.82 Å². The molecule has 0 radical (unpaired) electrons. The Balaban J connectivity index is 2.28. The Morgan fingerprint density at radius 1 is 1.65 bits per heavy atom. The van der Waals surface area contributed by atoms with Gasteiger partial charge in [0.05, 0.1) is 5.69 Å². The van der Waals surface area contributed by atoms with Gasteiger partial charge in [0, 0.05) is 24.9 Å². The molecule has 3 N–H and O–H groups in total. The molecule has 1 aliphatic rings. The Morgan fingerprint density at radius 2 is 2.35 bits per heavy atom. The van der Waals surface area contributed by atoms with Gasteiger partial charge >= 0.3 is 0 Å². The molecule has 0 saturated heterocycles. The SMILES string of the molecule is Cc1nc2c(c(=O)[nH]1)C(CC(=O)N(C)N)CC2. The topological polar surface area (TPSA) is 92.1 Å². The number of aromatic nitrogens is 2. The fourth-order valence-electron chi connectivity index (χ4n) is 2.28. The molecule has 1 heterocycles. The summed E-state index contributed by atoms with van der Waals surface area (Å²) in [7, 11) is 1.51. The number of nitrogens with two attached hydrogens (primary N) is 1. The molecule has 6 nitrogen and oxygen atoms in total. The molecule has 1 aliphatic carbocycles. The molecular formula is C11H16N4O2. The lowest BCUT2D eigenvalue weighted by Crippen LogP contribution is -2.34. The van der Waals surface area contributed by atoms with E-state index < -0.39 is 0 Å². The number of H-pyrrole nitrogens is 1. The van der Waals surface area contributed by atoms with Crippen molar-refractivity contribution >= 4 is 5.91 Å². The molecule has 92 valence electrons. The zero-order valence-electron chi connectivity index (χ0n) is 9.99. The number of hydrogen-bond donors (Lipinski definition) is 2. The molecule has 0 fully saturated rings. The molecule has 0 saturated carbocycles. The summed E-state index contributed by atoms with van der Waals surface area (Å²) >= 11 is 0. The van der Waals surface area contributed by atoms with E-state index in [1.54, 1.807) is 6.92 Å². The largest absolute Gasteiger partial charge is 0.311 e. The van der Waals surface area contributed by atoms with Gasteiger partial charge in [-0.2, -0.15) is 0 Å². The normalized spacial score (nSPS) is 17.9. The lowest BCUT2D eigenvalue weighted by Gasteiger charge is -2.14. The van der Waals surface area contributed by atoms with Crippen molar-refractivity contribution in [1.29, 1.82) is 0 Å². The minimum absolute atomic E-state index is 0.0552. The number of aryl methyl sites for hydroxylation is 2. The molecular weight excluding hydrogens is 220 g/mol. The van der Waals surface area contributed by atoms with Gasteiger partial charge in [-0.05, 0) is 19.8 Å². The second kappa shape index (κ2) is 4.29. The molecule has 0 aliphatic heterocycles. The van der Waals surface area contributed by atoms with Gasteiger partial charge in [-0.1, -0.05) is 0 Å². The van der Waals surface area contributed by atoms with Crippen molar-refractivity contribution in [2.75, 3.05) is 7.05 Å². The Bertz CT molecular complexity index is 507. The number of aromatic amines is 1. The highest BCUT2D eigenvalue weighted by Gasteiger charge is 2.29. The van der Waals surface area contributed by atoms with Gasteiger partial charge in [0.15, 0.2) is 0 Å². The van der Waals surface area contributed by atoms with Crippen molar-refractivity contribution < 1.29 is 4.79 Å². The van der Waals surface area contributed by atoms with E-state index >= 15 is 0 Å². The highest BCUT2D eigenvalue weighted by Crippen LogP contribution is 2.31. The highest BCUT2D eigenvalue weighted by atomic mass is 16.2. The third kappa shape index (κ3) is 2.21. The van der Waals surface area contributed by atoms with Crippen LogP contribution in [-0.4, -0.2) is 27.9 Å². The summed E-state index contributed by atoms with van der Waals surface area (Å²) < 4.78 is 0. The summed E-state index contributed by atoms with van der Waals surface area (Å²) in [6.07, 6.45) is 1.81. The number of hydrogen-bond acceptors (Lipinski definition) is 4. The minimum atomic E-state index is -0.164. The summed E-state index contributed by atoms with van der Waals surface area (Å²) in [5.41, 5.74) is 1.36. The molecule has 1 atom stereocenters. The van der Waals surface area contributed by atoms with Crippen molar-refractivity contribution in [2.24, 2.45) is 5.84 Å². The second-order valence-electron chi connectivity index (χ2n) is 4.46. The summed E-state index contributed by atoms with van der Waals surface area (Å²) in [6.45, 7) is 1.76. The van der Waals surface area contributed by atoms with Crippen molar-refractivity contribution in [3.05, 3.63) is 27.4 Å². The van der Waals surface area contributed by atoms with Crippen molar-refractivity contribution in [2.45, 2.75) is 32.1 Å². The number of carbonyl (C=O) groups is 1. The molecule has 6 heteroatoms. The first-order valence-electron chi connectivity index (χ1n) is 5.60. The summed E-state index contributed by atoms with van der Waals surface area (Å²) in [6, 6.07) is 0. The number of rotatable bonds is 2. The molecule has 2 rings (SSSR count). The van der Waals surface area contributed by atoms with Gasteiger partial charge in [0.2, 0.25) is 5.91 Å². The zero-order chi connectivity index (χ0) is 12.6. The third-order valence-electron chi connectivity index (χ3n) is 3.10. The lowest BCUT2D eigenvalue weighted by molar-refractivity contribution is -0.130. The van der Waals surface area contributed by atoms with Crippen LogP contribution in [0.5, 0.6) is 0 Å². The van der Waals surface area contributed by atoms with Gasteiger partial charge < -0.3 is 4.98 Å². The van der Waals surface area contributed by atoms with E-state index in [0.717, 1.165) is 23.5 Å². The fraction of sp³-hybridized carbons (Fsp3) is 0.545. The first kappa shape index (κ1) is 11.8. The number of amides is 1. The van der Waals surface area contributed by atoms with Crippen LogP contribution in [0.25, 0.3) is 0 Å². The number of nitrogens with one attached hydrogen (secondary N) is 1. The van der Waals surface area contributed by atoms with E-state index in [2.05, 4.69) is 9.97 Å². The molecule has 17 heavy (non-hydrogen) atoms. The molecule has 1 unspecified atom stereocenters. The molecule has 1 aromatic rings. The van der Waals surface area contributed by atoms with Gasteiger partial charge in [0.25, 0.3) is 5.56 Å². The third-order valence-corrected chi connectivity index (χ3v) is 3.10. The van der Waals surface area contributed by atoms with Gasteiger partial charge in [-0.3, -0.25) is 14.6 Å². The monoisotopic (exact) mass is 236 g/mol. The molecule has 1 amide bonds. The van der Waals surface area contributed by atoms with E-state index in [1.165, 1.54) is 7.05 Å². The quantitative estimate of drug-likeness (QED) is 0.423. The second-order valence-corrected chi connectivity index (χ2v) is 4.46. The molecule has 0 spiro atoms. The maximum absolute atomic E-state index is 11.8. The van der Waals surface area contributed by atoms with E-state index in [4.69, 9.17) is 5.84 Å². The average molecular weight is 236 g/mol.